The van der Waals surface area contributed by atoms with Crippen LogP contribution in [0.4, 0.5) is 5.82 Å². The van der Waals surface area contributed by atoms with Crippen LogP contribution in [0, 0.1) is 20.8 Å². The molecule has 29 heavy (non-hydrogen) atoms. The van der Waals surface area contributed by atoms with E-state index in [9.17, 15) is 0 Å². The van der Waals surface area contributed by atoms with Crippen LogP contribution in [-0.4, -0.2) is 39.8 Å². The Morgan fingerprint density at radius 1 is 1.10 bits per heavy atom. The minimum absolute atomic E-state index is 0.667. The Kier molecular flexibility index (Phi) is 4.50. The van der Waals surface area contributed by atoms with E-state index in [4.69, 9.17) is 14.7 Å². The summed E-state index contributed by atoms with van der Waals surface area (Å²) in [5, 5.41) is 1.10. The molecule has 0 saturated heterocycles. The highest BCUT2D eigenvalue weighted by molar-refractivity contribution is 7.98. The second kappa shape index (κ2) is 6.94. The van der Waals surface area contributed by atoms with E-state index < -0.39 is 0 Å². The highest BCUT2D eigenvalue weighted by atomic mass is 32.2. The van der Waals surface area contributed by atoms with Gasteiger partial charge in [0.15, 0.2) is 5.65 Å². The molecule has 2 heterocycles. The fourth-order valence-corrected chi connectivity index (χ4v) is 5.00. The van der Waals surface area contributed by atoms with Crippen LogP contribution >= 0.6 is 11.8 Å². The first-order chi connectivity index (χ1) is 14.0. The number of methoxy groups -OCH3 is 1. The zero-order valence-electron chi connectivity index (χ0n) is 17.8. The lowest BCUT2D eigenvalue weighted by Crippen LogP contribution is -2.30. The Balaban J connectivity index is 1.79. The smallest absolute Gasteiger partial charge is 0.166 e. The standard InChI is InChI=1S/C23H28N4OS/c1-13-10-14(2)19(18(11-13)28-4)20-21-25-22(29-5)23(26(21)15(3)12-24-20)27(16-6-7-16)17-8-9-17/h10-12,16-17H,6-9H2,1-5H3. The second-order valence-corrected chi connectivity index (χ2v) is 9.18. The lowest BCUT2D eigenvalue weighted by Gasteiger charge is -2.25. The van der Waals surface area contributed by atoms with Gasteiger partial charge in [-0.15, -0.1) is 11.8 Å². The van der Waals surface area contributed by atoms with Gasteiger partial charge in [-0.3, -0.25) is 9.38 Å². The summed E-state index contributed by atoms with van der Waals surface area (Å²) in [6, 6.07) is 5.61. The van der Waals surface area contributed by atoms with E-state index in [1.807, 2.05) is 6.20 Å². The van der Waals surface area contributed by atoms with Gasteiger partial charge in [-0.2, -0.15) is 0 Å². The third-order valence-electron chi connectivity index (χ3n) is 5.99. The van der Waals surface area contributed by atoms with Crippen molar-refractivity contribution in [3.05, 3.63) is 35.2 Å². The van der Waals surface area contributed by atoms with Crippen LogP contribution < -0.4 is 9.64 Å². The van der Waals surface area contributed by atoms with Gasteiger partial charge < -0.3 is 9.64 Å². The zero-order chi connectivity index (χ0) is 20.3. The maximum atomic E-state index is 5.76. The number of nitrogens with zero attached hydrogens (tertiary/aromatic N) is 4. The number of anilines is 1. The highest BCUT2D eigenvalue weighted by Crippen LogP contribution is 2.46. The number of rotatable bonds is 6. The van der Waals surface area contributed by atoms with E-state index in [0.29, 0.717) is 12.1 Å². The molecular weight excluding hydrogens is 380 g/mol. The molecule has 0 radical (unpaired) electrons. The van der Waals surface area contributed by atoms with Gasteiger partial charge in [0.25, 0.3) is 0 Å². The van der Waals surface area contributed by atoms with Crippen molar-refractivity contribution in [2.75, 3.05) is 18.3 Å². The third kappa shape index (κ3) is 3.08. The van der Waals surface area contributed by atoms with Crippen molar-refractivity contribution in [2.24, 2.45) is 0 Å². The van der Waals surface area contributed by atoms with Crippen molar-refractivity contribution in [1.29, 1.82) is 0 Å². The summed E-state index contributed by atoms with van der Waals surface area (Å²) >= 11 is 1.74. The van der Waals surface area contributed by atoms with Crippen molar-refractivity contribution >= 4 is 23.2 Å². The number of aryl methyl sites for hydroxylation is 3. The number of benzene rings is 1. The van der Waals surface area contributed by atoms with Crippen LogP contribution in [0.1, 0.15) is 42.5 Å². The van der Waals surface area contributed by atoms with Crippen molar-refractivity contribution in [2.45, 2.75) is 63.6 Å². The van der Waals surface area contributed by atoms with E-state index in [0.717, 1.165) is 38.9 Å². The minimum atomic E-state index is 0.667. The molecule has 3 aromatic rings. The molecule has 2 fully saturated rings. The van der Waals surface area contributed by atoms with Crippen LogP contribution in [0.2, 0.25) is 0 Å². The number of thioether (sulfide) groups is 1. The molecule has 5 rings (SSSR count). The molecule has 2 aromatic heterocycles. The number of imidazole rings is 1. The molecule has 1 aromatic carbocycles. The molecule has 5 nitrogen and oxygen atoms in total. The van der Waals surface area contributed by atoms with Gasteiger partial charge in [0.2, 0.25) is 0 Å². The van der Waals surface area contributed by atoms with Gasteiger partial charge in [0, 0.05) is 29.5 Å². The SMILES string of the molecule is COc1cc(C)cc(C)c1-c1ncc(C)n2c(N(C3CC3)C3CC3)c(SC)nc12. The molecule has 2 aliphatic rings. The Morgan fingerprint density at radius 2 is 1.79 bits per heavy atom. The summed E-state index contributed by atoms with van der Waals surface area (Å²) in [5.41, 5.74) is 6.35. The minimum Gasteiger partial charge on any atom is -0.496 e. The number of fused-ring (bicyclic) bond motifs is 1. The second-order valence-electron chi connectivity index (χ2n) is 8.38. The summed E-state index contributed by atoms with van der Waals surface area (Å²) in [5.74, 6) is 2.12. The molecule has 0 aliphatic heterocycles. The van der Waals surface area contributed by atoms with Crippen LogP contribution in [0.25, 0.3) is 16.9 Å². The molecule has 2 aliphatic carbocycles. The molecule has 152 valence electrons. The molecule has 0 atom stereocenters. The molecule has 2 saturated carbocycles. The summed E-state index contributed by atoms with van der Waals surface area (Å²) in [6.45, 7) is 6.36. The van der Waals surface area contributed by atoms with Crippen molar-refractivity contribution < 1.29 is 4.74 Å². The van der Waals surface area contributed by atoms with E-state index in [1.165, 1.54) is 37.1 Å². The number of aromatic nitrogens is 3. The molecule has 0 N–H and O–H groups in total. The van der Waals surface area contributed by atoms with Gasteiger partial charge in [0.05, 0.1) is 7.11 Å². The lowest BCUT2D eigenvalue weighted by atomic mass is 10.0. The first kappa shape index (κ1) is 18.8. The largest absolute Gasteiger partial charge is 0.496 e. The highest BCUT2D eigenvalue weighted by Gasteiger charge is 2.42. The van der Waals surface area contributed by atoms with Crippen LogP contribution in [-0.2, 0) is 0 Å². The van der Waals surface area contributed by atoms with Crippen molar-refractivity contribution in [3.8, 4) is 17.0 Å². The van der Waals surface area contributed by atoms with Crippen LogP contribution in [0.5, 0.6) is 5.75 Å². The monoisotopic (exact) mass is 408 g/mol. The van der Waals surface area contributed by atoms with Crippen LogP contribution in [0.15, 0.2) is 23.4 Å². The lowest BCUT2D eigenvalue weighted by molar-refractivity contribution is 0.415. The predicted molar refractivity (Wildman–Crippen MR) is 119 cm³/mol. The average Bonchev–Trinajstić information content (AvgIpc) is 3.61. The van der Waals surface area contributed by atoms with Gasteiger partial charge >= 0.3 is 0 Å². The summed E-state index contributed by atoms with van der Waals surface area (Å²) in [4.78, 5) is 12.6. The van der Waals surface area contributed by atoms with Crippen molar-refractivity contribution in [3.63, 3.8) is 0 Å². The van der Waals surface area contributed by atoms with Crippen LogP contribution in [0.3, 0.4) is 0 Å². The van der Waals surface area contributed by atoms with E-state index in [1.54, 1.807) is 18.9 Å². The van der Waals surface area contributed by atoms with Gasteiger partial charge in [-0.1, -0.05) is 6.07 Å². The van der Waals surface area contributed by atoms with E-state index >= 15 is 0 Å². The molecule has 0 unspecified atom stereocenters. The Bertz CT molecular complexity index is 1090. The van der Waals surface area contributed by atoms with E-state index in [2.05, 4.69) is 48.5 Å². The molecule has 0 amide bonds. The summed E-state index contributed by atoms with van der Waals surface area (Å²) < 4.78 is 8.09. The Labute approximate surface area is 176 Å². The number of hydrogen-bond acceptors (Lipinski definition) is 5. The average molecular weight is 409 g/mol. The molecule has 6 heteroatoms. The molecule has 0 bridgehead atoms. The maximum absolute atomic E-state index is 5.76. The molecule has 0 spiro atoms. The summed E-state index contributed by atoms with van der Waals surface area (Å²) in [7, 11) is 1.73. The topological polar surface area (TPSA) is 42.7 Å². The normalized spacial score (nSPS) is 16.4. The fourth-order valence-electron chi connectivity index (χ4n) is 4.44. The Morgan fingerprint density at radius 3 is 2.38 bits per heavy atom. The molecular formula is C23H28N4OS. The van der Waals surface area contributed by atoms with Gasteiger partial charge in [0.1, 0.15) is 22.3 Å². The van der Waals surface area contributed by atoms with Gasteiger partial charge in [-0.25, -0.2) is 4.98 Å². The Hall–Kier alpha value is -2.21. The summed E-state index contributed by atoms with van der Waals surface area (Å²) in [6.07, 6.45) is 9.27. The predicted octanol–water partition coefficient (Wildman–Crippen LogP) is 5.18. The third-order valence-corrected chi connectivity index (χ3v) is 6.65. The fraction of sp³-hybridized carbons (Fsp3) is 0.478. The first-order valence-electron chi connectivity index (χ1n) is 10.4. The van der Waals surface area contributed by atoms with Crippen molar-refractivity contribution in [1.82, 2.24) is 14.4 Å². The van der Waals surface area contributed by atoms with Gasteiger partial charge in [-0.05, 0) is 69.9 Å². The quantitative estimate of drug-likeness (QED) is 0.526. The first-order valence-corrected chi connectivity index (χ1v) is 11.6. The maximum Gasteiger partial charge on any atom is 0.166 e. The number of ether oxygens (including phenoxy) is 1. The number of hydrogen-bond donors (Lipinski definition) is 0. The van der Waals surface area contributed by atoms with E-state index in [-0.39, 0.29) is 0 Å². The zero-order valence-corrected chi connectivity index (χ0v) is 18.6.